The molecule has 6 aromatic rings. The zero-order valence-electron chi connectivity index (χ0n) is 36.9. The van der Waals surface area contributed by atoms with Crippen molar-refractivity contribution < 1.29 is 23.3 Å². The molecule has 3 aliphatic heterocycles. The standard InChI is InChI=1S/C48H54FN11O4/c1-29-24-37(39(49)25-36(29)30(2)52-44(62)45-55-46(56-64-45)48(3,4)5)42-38-26-40(53-43(38)51-28-50-42)32-6-8-33(9-7-32)59-22-20-57(21-23-59)27-31-14-17-58(18-15-31)34-10-12-35(13-11-34)60-19-16-41(61)54-47(60)63/h6-13,24-26,28,30-31H,14-23,27H2,1-5H3,(H,52,62)(H,50,51,53)(H,54,61,63). The van der Waals surface area contributed by atoms with Crippen molar-refractivity contribution in [2.75, 3.05) is 67.1 Å². The number of aryl methyl sites for hydroxylation is 1. The van der Waals surface area contributed by atoms with Crippen molar-refractivity contribution in [3.05, 3.63) is 102 Å². The first-order chi connectivity index (χ1) is 30.8. The molecule has 0 aliphatic carbocycles. The Morgan fingerprint density at radius 2 is 1.56 bits per heavy atom. The fourth-order valence-electron chi connectivity index (χ4n) is 9.04. The Hall–Kier alpha value is -6.68. The highest BCUT2D eigenvalue weighted by Crippen LogP contribution is 2.35. The Morgan fingerprint density at radius 1 is 0.891 bits per heavy atom. The van der Waals surface area contributed by atoms with E-state index in [9.17, 15) is 14.4 Å². The number of fused-ring (bicyclic) bond motifs is 1. The fourth-order valence-corrected chi connectivity index (χ4v) is 9.04. The van der Waals surface area contributed by atoms with Crippen LogP contribution in [0.4, 0.5) is 26.2 Å². The molecule has 0 spiro atoms. The molecule has 4 amide bonds. The van der Waals surface area contributed by atoms with Crippen molar-refractivity contribution in [1.29, 1.82) is 0 Å². The summed E-state index contributed by atoms with van der Waals surface area (Å²) in [4.78, 5) is 62.5. The van der Waals surface area contributed by atoms with Crippen molar-refractivity contribution >= 4 is 45.9 Å². The van der Waals surface area contributed by atoms with Crippen molar-refractivity contribution in [1.82, 2.24) is 40.6 Å². The molecule has 9 rings (SSSR count). The van der Waals surface area contributed by atoms with Crippen LogP contribution in [0.5, 0.6) is 0 Å². The number of rotatable bonds is 10. The molecule has 3 N–H and O–H groups in total. The third-order valence-corrected chi connectivity index (χ3v) is 12.8. The number of piperidine rings is 1. The molecule has 0 saturated carbocycles. The first kappa shape index (κ1) is 42.6. The molecule has 0 bridgehead atoms. The van der Waals surface area contributed by atoms with Crippen LogP contribution in [-0.4, -0.2) is 100 Å². The van der Waals surface area contributed by atoms with Gasteiger partial charge in [0.15, 0.2) is 5.82 Å². The van der Waals surface area contributed by atoms with Crippen LogP contribution < -0.4 is 25.3 Å². The van der Waals surface area contributed by atoms with Gasteiger partial charge in [-0.25, -0.2) is 19.2 Å². The molecular formula is C48H54FN11O4. The summed E-state index contributed by atoms with van der Waals surface area (Å²) in [6.45, 7) is 17.0. The number of halogens is 1. The number of hydrogen-bond acceptors (Lipinski definition) is 11. The molecule has 332 valence electrons. The van der Waals surface area contributed by atoms with Crippen molar-refractivity contribution in [2.24, 2.45) is 5.92 Å². The lowest BCUT2D eigenvalue weighted by atomic mass is 9.95. The normalized spacial score (nSPS) is 17.2. The Morgan fingerprint density at radius 3 is 2.23 bits per heavy atom. The minimum absolute atomic E-state index is 0.138. The zero-order valence-corrected chi connectivity index (χ0v) is 36.9. The van der Waals surface area contributed by atoms with E-state index in [1.165, 1.54) is 23.8 Å². The van der Waals surface area contributed by atoms with E-state index in [0.717, 1.165) is 81.2 Å². The molecule has 3 aromatic carbocycles. The minimum atomic E-state index is -0.529. The largest absolute Gasteiger partial charge is 0.372 e. The smallest absolute Gasteiger partial charge is 0.328 e. The molecule has 3 aromatic heterocycles. The summed E-state index contributed by atoms with van der Waals surface area (Å²) in [7, 11) is 0. The number of aromatic amines is 1. The van der Waals surface area contributed by atoms with Crippen LogP contribution in [0.3, 0.4) is 0 Å². The molecule has 64 heavy (non-hydrogen) atoms. The third kappa shape index (κ3) is 8.91. The summed E-state index contributed by atoms with van der Waals surface area (Å²) in [6.07, 6.45) is 4.05. The SMILES string of the molecule is Cc1cc(-c2ncnc3[nH]c(-c4ccc(N5CCN(CC6CCN(c7ccc(N8CCC(=O)NC8=O)cc7)CC6)CC5)cc4)cc23)c(F)cc1C(C)NC(=O)c1nc(C(C)(C)C)no1. The van der Waals surface area contributed by atoms with Gasteiger partial charge < -0.3 is 24.6 Å². The van der Waals surface area contributed by atoms with Crippen LogP contribution in [-0.2, 0) is 10.2 Å². The Labute approximate surface area is 371 Å². The zero-order chi connectivity index (χ0) is 44.7. The number of benzene rings is 3. The number of amides is 4. The topological polar surface area (TPSA) is 169 Å². The van der Waals surface area contributed by atoms with Gasteiger partial charge in [0, 0.05) is 97.9 Å². The fraction of sp³-hybridized carbons (Fsp3) is 0.396. The first-order valence-corrected chi connectivity index (χ1v) is 22.1. The highest BCUT2D eigenvalue weighted by atomic mass is 19.1. The highest BCUT2D eigenvalue weighted by Gasteiger charge is 2.28. The summed E-state index contributed by atoms with van der Waals surface area (Å²) >= 11 is 0. The number of carbonyl (C=O) groups excluding carboxylic acids is 3. The summed E-state index contributed by atoms with van der Waals surface area (Å²) in [5.74, 6) is -0.260. The van der Waals surface area contributed by atoms with Gasteiger partial charge in [-0.1, -0.05) is 38.1 Å². The number of piperazine rings is 1. The molecule has 1 unspecified atom stereocenters. The van der Waals surface area contributed by atoms with E-state index in [2.05, 4.69) is 86.8 Å². The number of nitrogens with one attached hydrogen (secondary N) is 3. The van der Waals surface area contributed by atoms with E-state index in [-0.39, 0.29) is 23.2 Å². The second kappa shape index (κ2) is 17.5. The predicted octanol–water partition coefficient (Wildman–Crippen LogP) is 7.40. The molecular weight excluding hydrogens is 814 g/mol. The summed E-state index contributed by atoms with van der Waals surface area (Å²) in [6, 6.07) is 21.0. The lowest BCUT2D eigenvalue weighted by Crippen LogP contribution is -2.49. The molecule has 3 aliphatic rings. The van der Waals surface area contributed by atoms with Gasteiger partial charge in [0.25, 0.3) is 0 Å². The van der Waals surface area contributed by atoms with Crippen LogP contribution in [0.25, 0.3) is 33.5 Å². The molecule has 1 atom stereocenters. The number of hydrogen-bond donors (Lipinski definition) is 3. The van der Waals surface area contributed by atoms with E-state index < -0.39 is 17.8 Å². The molecule has 15 nitrogen and oxygen atoms in total. The summed E-state index contributed by atoms with van der Waals surface area (Å²) in [5.41, 5.74) is 7.49. The number of urea groups is 1. The number of nitrogens with zero attached hydrogens (tertiary/aromatic N) is 8. The van der Waals surface area contributed by atoms with Crippen molar-refractivity contribution in [3.63, 3.8) is 0 Å². The van der Waals surface area contributed by atoms with E-state index >= 15 is 4.39 Å². The van der Waals surface area contributed by atoms with Gasteiger partial charge in [0.05, 0.1) is 11.7 Å². The molecule has 3 fully saturated rings. The third-order valence-electron chi connectivity index (χ3n) is 12.8. The van der Waals surface area contributed by atoms with Crippen LogP contribution in [0.1, 0.15) is 80.6 Å². The van der Waals surface area contributed by atoms with Crippen LogP contribution >= 0.6 is 0 Å². The van der Waals surface area contributed by atoms with Crippen LogP contribution in [0.15, 0.2) is 77.6 Å². The average Bonchev–Trinajstić information content (AvgIpc) is 3.98. The molecule has 6 heterocycles. The van der Waals surface area contributed by atoms with Crippen LogP contribution in [0, 0.1) is 18.7 Å². The highest BCUT2D eigenvalue weighted by molar-refractivity contribution is 6.05. The van der Waals surface area contributed by atoms with E-state index in [4.69, 9.17) is 4.52 Å². The summed E-state index contributed by atoms with van der Waals surface area (Å²) < 4.78 is 21.2. The molecule has 3 saturated heterocycles. The van der Waals surface area contributed by atoms with Gasteiger partial charge in [-0.05, 0) is 104 Å². The van der Waals surface area contributed by atoms with Crippen molar-refractivity contribution in [2.45, 2.75) is 65.3 Å². The van der Waals surface area contributed by atoms with Gasteiger partial charge in [0.2, 0.25) is 5.91 Å². The number of anilines is 3. The quantitative estimate of drug-likeness (QED) is 0.126. The van der Waals surface area contributed by atoms with Gasteiger partial charge in [0.1, 0.15) is 17.8 Å². The number of imide groups is 1. The maximum Gasteiger partial charge on any atom is 0.328 e. The lowest BCUT2D eigenvalue weighted by molar-refractivity contribution is -0.120. The van der Waals surface area contributed by atoms with E-state index in [0.29, 0.717) is 52.6 Å². The Balaban J connectivity index is 0.781. The molecule has 0 radical (unpaired) electrons. The number of H-pyrrole nitrogens is 1. The van der Waals surface area contributed by atoms with E-state index in [1.54, 1.807) is 17.9 Å². The van der Waals surface area contributed by atoms with Crippen LogP contribution in [0.2, 0.25) is 0 Å². The summed E-state index contributed by atoms with van der Waals surface area (Å²) in [5, 5.41) is 9.90. The predicted molar refractivity (Wildman–Crippen MR) is 244 cm³/mol. The average molecular weight is 868 g/mol. The monoisotopic (exact) mass is 867 g/mol. The van der Waals surface area contributed by atoms with Gasteiger partial charge in [-0.3, -0.25) is 24.7 Å². The molecule has 16 heteroatoms. The maximum absolute atomic E-state index is 16.0. The van der Waals surface area contributed by atoms with Gasteiger partial charge >= 0.3 is 17.8 Å². The van der Waals surface area contributed by atoms with E-state index in [1.807, 2.05) is 45.9 Å². The van der Waals surface area contributed by atoms with Gasteiger partial charge in [-0.2, -0.15) is 4.98 Å². The maximum atomic E-state index is 16.0. The Kier molecular flexibility index (Phi) is 11.6. The number of aromatic nitrogens is 5. The van der Waals surface area contributed by atoms with Gasteiger partial charge in [-0.15, -0.1) is 0 Å². The second-order valence-corrected chi connectivity index (χ2v) is 18.3. The lowest BCUT2D eigenvalue weighted by Gasteiger charge is -2.40. The van der Waals surface area contributed by atoms with Crippen molar-refractivity contribution in [3.8, 4) is 22.5 Å². The second-order valence-electron chi connectivity index (χ2n) is 18.3. The first-order valence-electron chi connectivity index (χ1n) is 22.1. The minimum Gasteiger partial charge on any atom is -0.372 e. The number of carbonyl (C=O) groups is 3. The Bertz CT molecular complexity index is 2670.